The highest BCUT2D eigenvalue weighted by atomic mass is 79.9. The lowest BCUT2D eigenvalue weighted by Crippen LogP contribution is -2.04. The predicted molar refractivity (Wildman–Crippen MR) is 88.6 cm³/mol. The first-order valence-corrected chi connectivity index (χ1v) is 7.99. The third kappa shape index (κ3) is 4.71. The largest absolute Gasteiger partial charge is 0.462 e. The molecule has 110 valence electrons. The summed E-state index contributed by atoms with van der Waals surface area (Å²) in [6.07, 6.45) is 3.13. The highest BCUT2D eigenvalue weighted by molar-refractivity contribution is 9.10. The lowest BCUT2D eigenvalue weighted by molar-refractivity contribution is 0.0526. The monoisotopic (exact) mass is 346 g/mol. The van der Waals surface area contributed by atoms with E-state index in [2.05, 4.69) is 34.1 Å². The van der Waals surface area contributed by atoms with Gasteiger partial charge in [0.1, 0.15) is 0 Å². The van der Waals surface area contributed by atoms with E-state index in [0.717, 1.165) is 19.3 Å². The van der Waals surface area contributed by atoms with Crippen LogP contribution < -0.4 is 0 Å². The average molecular weight is 347 g/mol. The van der Waals surface area contributed by atoms with E-state index in [9.17, 15) is 4.79 Å². The van der Waals surface area contributed by atoms with E-state index in [1.165, 1.54) is 15.6 Å². The Hall–Kier alpha value is -1.61. The van der Waals surface area contributed by atoms with Crippen molar-refractivity contribution in [3.05, 3.63) is 69.7 Å². The Balaban J connectivity index is 1.87. The number of halogens is 1. The second kappa shape index (κ2) is 7.99. The van der Waals surface area contributed by atoms with Crippen molar-refractivity contribution in [3.8, 4) is 0 Å². The molecule has 0 heterocycles. The van der Waals surface area contributed by atoms with Crippen molar-refractivity contribution < 1.29 is 9.53 Å². The van der Waals surface area contributed by atoms with Crippen molar-refractivity contribution in [2.24, 2.45) is 0 Å². The second-order valence-corrected chi connectivity index (χ2v) is 5.72. The Bertz CT molecular complexity index is 590. The third-order valence-corrected chi connectivity index (χ3v) is 4.11. The first kappa shape index (κ1) is 15.8. The normalized spacial score (nSPS) is 10.4. The van der Waals surface area contributed by atoms with Crippen molar-refractivity contribution in [1.82, 2.24) is 0 Å². The number of hydrogen-bond donors (Lipinski definition) is 0. The maximum atomic E-state index is 11.6. The molecule has 0 bridgehead atoms. The van der Waals surface area contributed by atoms with Gasteiger partial charge in [-0.05, 0) is 55.5 Å². The number of rotatable bonds is 6. The smallest absolute Gasteiger partial charge is 0.338 e. The van der Waals surface area contributed by atoms with E-state index >= 15 is 0 Å². The van der Waals surface area contributed by atoms with Crippen LogP contribution in [0.3, 0.4) is 0 Å². The van der Waals surface area contributed by atoms with Crippen LogP contribution in [0.25, 0.3) is 0 Å². The standard InChI is InChI=1S/C18H19BrO2/c1-2-21-18(20)16-12-10-14(11-13-16)6-5-8-15-7-3-4-9-17(15)19/h3-4,7,9-13H,2,5-6,8H2,1H3. The Kier molecular flexibility index (Phi) is 6.00. The summed E-state index contributed by atoms with van der Waals surface area (Å²) < 4.78 is 6.14. The maximum Gasteiger partial charge on any atom is 0.338 e. The third-order valence-electron chi connectivity index (χ3n) is 3.33. The maximum absolute atomic E-state index is 11.6. The molecule has 0 aliphatic heterocycles. The van der Waals surface area contributed by atoms with Gasteiger partial charge in [0.2, 0.25) is 0 Å². The van der Waals surface area contributed by atoms with Crippen LogP contribution in [0.15, 0.2) is 53.0 Å². The minimum atomic E-state index is -0.253. The molecule has 21 heavy (non-hydrogen) atoms. The molecular weight excluding hydrogens is 328 g/mol. The zero-order valence-corrected chi connectivity index (χ0v) is 13.7. The van der Waals surface area contributed by atoms with E-state index in [1.807, 2.05) is 37.3 Å². The summed E-state index contributed by atoms with van der Waals surface area (Å²) in [5.74, 6) is -0.253. The molecule has 0 aliphatic carbocycles. The SMILES string of the molecule is CCOC(=O)c1ccc(CCCc2ccccc2Br)cc1. The molecule has 2 nitrogen and oxygen atoms in total. The van der Waals surface area contributed by atoms with Gasteiger partial charge in [0.05, 0.1) is 12.2 Å². The molecule has 2 aromatic carbocycles. The second-order valence-electron chi connectivity index (χ2n) is 4.86. The van der Waals surface area contributed by atoms with E-state index in [0.29, 0.717) is 12.2 Å². The summed E-state index contributed by atoms with van der Waals surface area (Å²) in [7, 11) is 0. The number of hydrogen-bond acceptors (Lipinski definition) is 2. The zero-order valence-electron chi connectivity index (χ0n) is 12.1. The van der Waals surface area contributed by atoms with Gasteiger partial charge in [0.25, 0.3) is 0 Å². The van der Waals surface area contributed by atoms with Crippen LogP contribution in [-0.4, -0.2) is 12.6 Å². The van der Waals surface area contributed by atoms with Crippen LogP contribution in [0.2, 0.25) is 0 Å². The summed E-state index contributed by atoms with van der Waals surface area (Å²) in [6, 6.07) is 16.0. The topological polar surface area (TPSA) is 26.3 Å². The lowest BCUT2D eigenvalue weighted by atomic mass is 10.0. The molecule has 2 aromatic rings. The van der Waals surface area contributed by atoms with Crippen LogP contribution >= 0.6 is 15.9 Å². The van der Waals surface area contributed by atoms with Gasteiger partial charge >= 0.3 is 5.97 Å². The molecule has 0 aromatic heterocycles. The molecule has 0 saturated carbocycles. The van der Waals surface area contributed by atoms with Gasteiger partial charge in [-0.25, -0.2) is 4.79 Å². The van der Waals surface area contributed by atoms with Crippen molar-refractivity contribution in [2.75, 3.05) is 6.61 Å². The van der Waals surface area contributed by atoms with Crippen molar-refractivity contribution in [2.45, 2.75) is 26.2 Å². The van der Waals surface area contributed by atoms with Crippen LogP contribution in [0.1, 0.15) is 34.8 Å². The summed E-state index contributed by atoms with van der Waals surface area (Å²) in [5, 5.41) is 0. The van der Waals surface area contributed by atoms with Crippen LogP contribution in [0.5, 0.6) is 0 Å². The number of carbonyl (C=O) groups excluding carboxylic acids is 1. The fourth-order valence-electron chi connectivity index (χ4n) is 2.21. The zero-order chi connectivity index (χ0) is 15.1. The van der Waals surface area contributed by atoms with Gasteiger partial charge in [-0.3, -0.25) is 0 Å². The molecule has 0 radical (unpaired) electrons. The summed E-state index contributed by atoms with van der Waals surface area (Å²) >= 11 is 3.57. The number of esters is 1. The summed E-state index contributed by atoms with van der Waals surface area (Å²) in [6.45, 7) is 2.22. The quantitative estimate of drug-likeness (QED) is 0.702. The van der Waals surface area contributed by atoms with Crippen LogP contribution in [0.4, 0.5) is 0 Å². The molecule has 0 atom stereocenters. The molecule has 0 aliphatic rings. The minimum Gasteiger partial charge on any atom is -0.462 e. The Morgan fingerprint density at radius 1 is 1.05 bits per heavy atom. The average Bonchev–Trinajstić information content (AvgIpc) is 2.50. The molecule has 0 fully saturated rings. The van der Waals surface area contributed by atoms with E-state index in [-0.39, 0.29) is 5.97 Å². The molecule has 0 unspecified atom stereocenters. The van der Waals surface area contributed by atoms with Crippen molar-refractivity contribution >= 4 is 21.9 Å². The molecule has 0 N–H and O–H groups in total. The van der Waals surface area contributed by atoms with Gasteiger partial charge < -0.3 is 4.74 Å². The minimum absolute atomic E-state index is 0.253. The molecule has 0 spiro atoms. The van der Waals surface area contributed by atoms with Gasteiger partial charge in [-0.2, -0.15) is 0 Å². The van der Waals surface area contributed by atoms with Gasteiger partial charge in [0.15, 0.2) is 0 Å². The summed E-state index contributed by atoms with van der Waals surface area (Å²) in [4.78, 5) is 11.6. The van der Waals surface area contributed by atoms with Crippen molar-refractivity contribution in [3.63, 3.8) is 0 Å². The van der Waals surface area contributed by atoms with Gasteiger partial charge in [0, 0.05) is 4.47 Å². The highest BCUT2D eigenvalue weighted by Gasteiger charge is 2.05. The first-order valence-electron chi connectivity index (χ1n) is 7.20. The fraction of sp³-hybridized carbons (Fsp3) is 0.278. The van der Waals surface area contributed by atoms with Gasteiger partial charge in [-0.15, -0.1) is 0 Å². The molecule has 3 heteroatoms. The Morgan fingerprint density at radius 2 is 1.76 bits per heavy atom. The molecule has 2 rings (SSSR count). The van der Waals surface area contributed by atoms with E-state index in [1.54, 1.807) is 0 Å². The lowest BCUT2D eigenvalue weighted by Gasteiger charge is -2.06. The van der Waals surface area contributed by atoms with Crippen LogP contribution in [0, 0.1) is 0 Å². The predicted octanol–water partition coefficient (Wildman–Crippen LogP) is 4.80. The summed E-state index contributed by atoms with van der Waals surface area (Å²) in [5.41, 5.74) is 3.20. The molecule has 0 amide bonds. The van der Waals surface area contributed by atoms with E-state index in [4.69, 9.17) is 4.74 Å². The molecule has 0 saturated heterocycles. The highest BCUT2D eigenvalue weighted by Crippen LogP contribution is 2.18. The molecular formula is C18H19BrO2. The number of aryl methyl sites for hydroxylation is 2. The van der Waals surface area contributed by atoms with Crippen LogP contribution in [-0.2, 0) is 17.6 Å². The number of carbonyl (C=O) groups is 1. The fourth-order valence-corrected chi connectivity index (χ4v) is 2.69. The van der Waals surface area contributed by atoms with E-state index < -0.39 is 0 Å². The van der Waals surface area contributed by atoms with Gasteiger partial charge in [-0.1, -0.05) is 46.3 Å². The number of ether oxygens (including phenoxy) is 1. The number of benzene rings is 2. The Labute approximate surface area is 134 Å². The first-order chi connectivity index (χ1) is 10.2. The van der Waals surface area contributed by atoms with Crippen molar-refractivity contribution in [1.29, 1.82) is 0 Å². The Morgan fingerprint density at radius 3 is 2.43 bits per heavy atom.